The molecule has 1 heterocycles. The van der Waals surface area contributed by atoms with Gasteiger partial charge in [-0.3, -0.25) is 0 Å². The number of nitrogens with zero attached hydrogens (tertiary/aromatic N) is 2. The van der Waals surface area contributed by atoms with Crippen molar-refractivity contribution in [2.24, 2.45) is 0 Å². The summed E-state index contributed by atoms with van der Waals surface area (Å²) < 4.78 is 6.47. The molecular formula is C14H22BrN3O. The van der Waals surface area contributed by atoms with Crippen LogP contribution in [0, 0.1) is 0 Å². The van der Waals surface area contributed by atoms with Crippen molar-refractivity contribution in [2.45, 2.75) is 52.1 Å². The van der Waals surface area contributed by atoms with Crippen LogP contribution in [0.15, 0.2) is 4.47 Å². The lowest BCUT2D eigenvalue weighted by Gasteiger charge is -2.16. The van der Waals surface area contributed by atoms with Gasteiger partial charge in [0, 0.05) is 19.1 Å². The first-order valence-corrected chi connectivity index (χ1v) is 7.93. The summed E-state index contributed by atoms with van der Waals surface area (Å²) in [5.74, 6) is 2.24. The Bertz CT molecular complexity index is 419. The minimum absolute atomic E-state index is 0.488. The van der Waals surface area contributed by atoms with Gasteiger partial charge in [-0.2, -0.15) is 0 Å². The van der Waals surface area contributed by atoms with Crippen LogP contribution in [0.4, 0.5) is 5.82 Å². The average Bonchev–Trinajstić information content (AvgIpc) is 2.93. The fourth-order valence-electron chi connectivity index (χ4n) is 2.52. The second-order valence-electron chi connectivity index (χ2n) is 4.84. The molecule has 0 saturated heterocycles. The minimum atomic E-state index is 0.488. The lowest BCUT2D eigenvalue weighted by Crippen LogP contribution is -2.11. The molecule has 0 aromatic carbocycles. The van der Waals surface area contributed by atoms with Crippen molar-refractivity contribution in [2.75, 3.05) is 18.5 Å². The maximum Gasteiger partial charge on any atom is 0.156 e. The van der Waals surface area contributed by atoms with Gasteiger partial charge in [-0.1, -0.05) is 12.8 Å². The van der Waals surface area contributed by atoms with Gasteiger partial charge in [0.2, 0.25) is 0 Å². The van der Waals surface area contributed by atoms with Crippen molar-refractivity contribution in [3.05, 3.63) is 16.0 Å². The van der Waals surface area contributed by atoms with Gasteiger partial charge in [0.1, 0.15) is 12.4 Å². The predicted molar refractivity (Wildman–Crippen MR) is 80.4 cm³/mol. The highest BCUT2D eigenvalue weighted by Crippen LogP contribution is 2.38. The van der Waals surface area contributed by atoms with Crippen LogP contribution < -0.4 is 5.32 Å². The van der Waals surface area contributed by atoms with E-state index in [4.69, 9.17) is 9.72 Å². The largest absolute Gasteiger partial charge is 0.374 e. The fraction of sp³-hybridized carbons (Fsp3) is 0.714. The van der Waals surface area contributed by atoms with E-state index in [0.717, 1.165) is 28.4 Å². The van der Waals surface area contributed by atoms with Gasteiger partial charge >= 0.3 is 0 Å². The van der Waals surface area contributed by atoms with Crippen molar-refractivity contribution in [1.29, 1.82) is 0 Å². The maximum atomic E-state index is 5.44. The molecule has 0 radical (unpaired) electrons. The Morgan fingerprint density at radius 2 is 2.00 bits per heavy atom. The first kappa shape index (κ1) is 14.7. The van der Waals surface area contributed by atoms with Gasteiger partial charge in [-0.15, -0.1) is 0 Å². The Balaban J connectivity index is 2.29. The van der Waals surface area contributed by atoms with Crippen LogP contribution in [0.1, 0.15) is 57.0 Å². The van der Waals surface area contributed by atoms with Crippen molar-refractivity contribution in [3.8, 4) is 0 Å². The molecule has 4 nitrogen and oxygen atoms in total. The summed E-state index contributed by atoms with van der Waals surface area (Å²) in [5.41, 5.74) is 1.15. The summed E-state index contributed by atoms with van der Waals surface area (Å²) >= 11 is 3.67. The van der Waals surface area contributed by atoms with Crippen molar-refractivity contribution in [1.82, 2.24) is 9.97 Å². The van der Waals surface area contributed by atoms with E-state index in [1.54, 1.807) is 0 Å². The van der Waals surface area contributed by atoms with Crippen LogP contribution in [0.25, 0.3) is 0 Å². The van der Waals surface area contributed by atoms with Crippen LogP contribution in [0.2, 0.25) is 0 Å². The Morgan fingerprint density at radius 3 is 2.63 bits per heavy atom. The van der Waals surface area contributed by atoms with Crippen molar-refractivity contribution < 1.29 is 4.74 Å². The second kappa shape index (κ2) is 7.20. The van der Waals surface area contributed by atoms with Gasteiger partial charge in [-0.05, 0) is 42.6 Å². The number of rotatable bonds is 6. The third-order valence-corrected chi connectivity index (χ3v) is 4.23. The summed E-state index contributed by atoms with van der Waals surface area (Å²) in [6.45, 7) is 6.10. The molecule has 0 unspecified atom stereocenters. The summed E-state index contributed by atoms with van der Waals surface area (Å²) in [4.78, 5) is 9.25. The SMILES string of the molecule is CCNc1nc(COCC)nc(C2CCCC2)c1Br. The molecule has 19 heavy (non-hydrogen) atoms. The first-order chi connectivity index (χ1) is 9.26. The number of hydrogen-bond acceptors (Lipinski definition) is 4. The number of halogens is 1. The van der Waals surface area contributed by atoms with Crippen LogP contribution in [0.5, 0.6) is 0 Å². The number of nitrogens with one attached hydrogen (secondary N) is 1. The summed E-state index contributed by atoms with van der Waals surface area (Å²) in [7, 11) is 0. The zero-order valence-electron chi connectivity index (χ0n) is 11.7. The van der Waals surface area contributed by atoms with E-state index in [9.17, 15) is 0 Å². The monoisotopic (exact) mass is 327 g/mol. The smallest absolute Gasteiger partial charge is 0.156 e. The number of hydrogen-bond donors (Lipinski definition) is 1. The highest BCUT2D eigenvalue weighted by atomic mass is 79.9. The van der Waals surface area contributed by atoms with Crippen molar-refractivity contribution in [3.63, 3.8) is 0 Å². The number of aromatic nitrogens is 2. The van der Waals surface area contributed by atoms with E-state index in [-0.39, 0.29) is 0 Å². The van der Waals surface area contributed by atoms with E-state index in [2.05, 4.69) is 33.2 Å². The molecule has 0 aliphatic heterocycles. The van der Waals surface area contributed by atoms with Gasteiger partial charge in [0.05, 0.1) is 10.2 Å². The lowest BCUT2D eigenvalue weighted by molar-refractivity contribution is 0.128. The van der Waals surface area contributed by atoms with E-state index in [1.807, 2.05) is 6.92 Å². The lowest BCUT2D eigenvalue weighted by atomic mass is 10.0. The zero-order valence-corrected chi connectivity index (χ0v) is 13.3. The summed E-state index contributed by atoms with van der Waals surface area (Å²) in [6.07, 6.45) is 5.07. The molecule has 2 rings (SSSR count). The summed E-state index contributed by atoms with van der Waals surface area (Å²) in [6, 6.07) is 0. The van der Waals surface area contributed by atoms with Crippen LogP contribution in [0.3, 0.4) is 0 Å². The molecular weight excluding hydrogens is 306 g/mol. The first-order valence-electron chi connectivity index (χ1n) is 7.14. The van der Waals surface area contributed by atoms with Gasteiger partial charge in [0.15, 0.2) is 5.82 Å². The molecule has 0 bridgehead atoms. The molecule has 1 aromatic rings. The van der Waals surface area contributed by atoms with Gasteiger partial charge < -0.3 is 10.1 Å². The Kier molecular flexibility index (Phi) is 5.58. The maximum absolute atomic E-state index is 5.44. The third-order valence-electron chi connectivity index (χ3n) is 3.44. The molecule has 0 amide bonds. The Morgan fingerprint density at radius 1 is 1.26 bits per heavy atom. The minimum Gasteiger partial charge on any atom is -0.374 e. The fourth-order valence-corrected chi connectivity index (χ4v) is 3.17. The summed E-state index contributed by atoms with van der Waals surface area (Å²) in [5, 5.41) is 3.30. The topological polar surface area (TPSA) is 47.0 Å². The normalized spacial score (nSPS) is 15.9. The molecule has 1 fully saturated rings. The molecule has 1 aliphatic rings. The molecule has 0 spiro atoms. The Hall–Kier alpha value is -0.680. The molecule has 1 aliphatic carbocycles. The average molecular weight is 328 g/mol. The third kappa shape index (κ3) is 3.66. The van der Waals surface area contributed by atoms with Crippen LogP contribution in [-0.4, -0.2) is 23.1 Å². The van der Waals surface area contributed by atoms with Gasteiger partial charge in [-0.25, -0.2) is 9.97 Å². The Labute approximate surface area is 123 Å². The molecule has 0 atom stereocenters. The highest BCUT2D eigenvalue weighted by molar-refractivity contribution is 9.10. The van der Waals surface area contributed by atoms with E-state index in [0.29, 0.717) is 19.1 Å². The second-order valence-corrected chi connectivity index (χ2v) is 5.63. The zero-order chi connectivity index (χ0) is 13.7. The molecule has 5 heteroatoms. The predicted octanol–water partition coefficient (Wildman–Crippen LogP) is 3.87. The van der Waals surface area contributed by atoms with Gasteiger partial charge in [0.25, 0.3) is 0 Å². The number of anilines is 1. The van der Waals surface area contributed by atoms with E-state index in [1.165, 1.54) is 25.7 Å². The quantitative estimate of drug-likeness (QED) is 0.861. The molecule has 1 N–H and O–H groups in total. The highest BCUT2D eigenvalue weighted by Gasteiger charge is 2.23. The standard InChI is InChI=1S/C14H22BrN3O/c1-3-16-14-12(15)13(10-7-5-6-8-10)17-11(18-14)9-19-4-2/h10H,3-9H2,1-2H3,(H,16,17,18). The van der Waals surface area contributed by atoms with Crippen LogP contribution >= 0.6 is 15.9 Å². The van der Waals surface area contributed by atoms with E-state index >= 15 is 0 Å². The van der Waals surface area contributed by atoms with Crippen molar-refractivity contribution >= 4 is 21.7 Å². The number of ether oxygens (including phenoxy) is 1. The molecule has 1 aromatic heterocycles. The van der Waals surface area contributed by atoms with E-state index < -0.39 is 0 Å². The van der Waals surface area contributed by atoms with Crippen LogP contribution in [-0.2, 0) is 11.3 Å². The molecule has 106 valence electrons. The molecule has 1 saturated carbocycles.